The van der Waals surface area contributed by atoms with Crippen molar-refractivity contribution < 1.29 is 9.84 Å². The van der Waals surface area contributed by atoms with Crippen LogP contribution in [0, 0.1) is 0 Å². The van der Waals surface area contributed by atoms with Crippen LogP contribution in [0.1, 0.15) is 32.4 Å². The molecule has 2 rings (SSSR count). The van der Waals surface area contributed by atoms with Crippen LogP contribution in [0.5, 0.6) is 5.75 Å². The molecule has 0 aliphatic carbocycles. The summed E-state index contributed by atoms with van der Waals surface area (Å²) >= 11 is 0. The number of aliphatic hydroxyl groups excluding tert-OH is 1. The quantitative estimate of drug-likeness (QED) is 0.832. The highest BCUT2D eigenvalue weighted by Gasteiger charge is 2.22. The van der Waals surface area contributed by atoms with Gasteiger partial charge in [0.1, 0.15) is 11.9 Å². The summed E-state index contributed by atoms with van der Waals surface area (Å²) in [7, 11) is 0. The van der Waals surface area contributed by atoms with Crippen molar-refractivity contribution in [3.05, 3.63) is 23.8 Å². The van der Waals surface area contributed by atoms with E-state index in [0.717, 1.165) is 30.1 Å². The van der Waals surface area contributed by atoms with Crippen LogP contribution in [0.25, 0.3) is 0 Å². The van der Waals surface area contributed by atoms with E-state index in [-0.39, 0.29) is 6.10 Å². The van der Waals surface area contributed by atoms with Gasteiger partial charge in [-0.15, -0.1) is 0 Å². The van der Waals surface area contributed by atoms with Crippen molar-refractivity contribution in [2.24, 2.45) is 0 Å². The molecule has 1 heterocycles. The van der Waals surface area contributed by atoms with E-state index in [1.165, 1.54) is 0 Å². The maximum atomic E-state index is 9.58. The number of anilines is 1. The third-order valence-corrected chi connectivity index (χ3v) is 2.99. The van der Waals surface area contributed by atoms with Crippen LogP contribution < -0.4 is 9.64 Å². The monoisotopic (exact) mass is 221 g/mol. The average Bonchev–Trinajstić information content (AvgIpc) is 2.27. The Bertz CT molecular complexity index is 376. The predicted octanol–water partition coefficient (Wildman–Crippen LogP) is 2.35. The molecule has 1 aliphatic rings. The van der Waals surface area contributed by atoms with Crippen LogP contribution >= 0.6 is 0 Å². The topological polar surface area (TPSA) is 32.7 Å². The number of likely N-dealkylation sites (N-methyl/N-ethyl adjacent to an activating group) is 1. The lowest BCUT2D eigenvalue weighted by atomic mass is 10.1. The van der Waals surface area contributed by atoms with E-state index >= 15 is 0 Å². The zero-order chi connectivity index (χ0) is 11.7. The lowest BCUT2D eigenvalue weighted by Gasteiger charge is -2.34. The molecule has 0 saturated heterocycles. The molecule has 2 unspecified atom stereocenters. The molecule has 0 amide bonds. The van der Waals surface area contributed by atoms with Crippen LogP contribution in [-0.2, 0) is 0 Å². The normalized spacial score (nSPS) is 21.2. The van der Waals surface area contributed by atoms with Gasteiger partial charge in [0.2, 0.25) is 0 Å². The van der Waals surface area contributed by atoms with Gasteiger partial charge < -0.3 is 14.7 Å². The molecule has 3 nitrogen and oxygen atoms in total. The molecular formula is C13H19NO2. The summed E-state index contributed by atoms with van der Waals surface area (Å²) in [5, 5.41) is 9.58. The lowest BCUT2D eigenvalue weighted by molar-refractivity contribution is 0.197. The van der Waals surface area contributed by atoms with Gasteiger partial charge in [0, 0.05) is 6.54 Å². The fraction of sp³-hybridized carbons (Fsp3) is 0.538. The molecule has 0 bridgehead atoms. The maximum absolute atomic E-state index is 9.58. The third-order valence-electron chi connectivity index (χ3n) is 2.99. The fourth-order valence-electron chi connectivity index (χ4n) is 2.10. The number of rotatable bonds is 2. The Morgan fingerprint density at radius 3 is 2.94 bits per heavy atom. The van der Waals surface area contributed by atoms with Crippen LogP contribution in [-0.4, -0.2) is 24.3 Å². The number of hydrogen-bond donors (Lipinski definition) is 1. The van der Waals surface area contributed by atoms with Gasteiger partial charge in [-0.3, -0.25) is 0 Å². The van der Waals surface area contributed by atoms with Gasteiger partial charge in [0.15, 0.2) is 0 Å². The molecule has 0 saturated carbocycles. The van der Waals surface area contributed by atoms with E-state index in [1.54, 1.807) is 6.92 Å². The Morgan fingerprint density at radius 2 is 2.31 bits per heavy atom. The van der Waals surface area contributed by atoms with Crippen molar-refractivity contribution in [3.63, 3.8) is 0 Å². The minimum absolute atomic E-state index is 0.227. The Hall–Kier alpha value is -1.22. The van der Waals surface area contributed by atoms with Gasteiger partial charge >= 0.3 is 0 Å². The first-order chi connectivity index (χ1) is 7.61. The first-order valence-corrected chi connectivity index (χ1v) is 5.85. The fourth-order valence-corrected chi connectivity index (χ4v) is 2.10. The van der Waals surface area contributed by atoms with Gasteiger partial charge in [-0.25, -0.2) is 0 Å². The third kappa shape index (κ3) is 2.00. The van der Waals surface area contributed by atoms with E-state index in [4.69, 9.17) is 4.74 Å². The minimum atomic E-state index is -0.427. The molecule has 1 aromatic rings. The van der Waals surface area contributed by atoms with Crippen molar-refractivity contribution in [1.82, 2.24) is 0 Å². The molecule has 3 heteroatoms. The molecule has 1 aromatic carbocycles. The minimum Gasteiger partial charge on any atom is -0.487 e. The molecule has 16 heavy (non-hydrogen) atoms. The van der Waals surface area contributed by atoms with Crippen LogP contribution in [0.2, 0.25) is 0 Å². The molecular weight excluding hydrogens is 202 g/mol. The van der Waals surface area contributed by atoms with Crippen molar-refractivity contribution in [2.45, 2.75) is 33.0 Å². The second-order valence-electron chi connectivity index (χ2n) is 4.37. The molecule has 0 aromatic heterocycles. The smallest absolute Gasteiger partial charge is 0.143 e. The number of aliphatic hydroxyl groups is 1. The molecule has 0 fully saturated rings. The summed E-state index contributed by atoms with van der Waals surface area (Å²) in [4.78, 5) is 2.29. The molecule has 1 N–H and O–H groups in total. The highest BCUT2D eigenvalue weighted by Crippen LogP contribution is 2.35. The largest absolute Gasteiger partial charge is 0.487 e. The van der Waals surface area contributed by atoms with E-state index in [2.05, 4.69) is 18.7 Å². The Kier molecular flexibility index (Phi) is 3.06. The summed E-state index contributed by atoms with van der Waals surface area (Å²) in [6.07, 6.45) is -0.201. The second-order valence-corrected chi connectivity index (χ2v) is 4.37. The maximum Gasteiger partial charge on any atom is 0.143 e. The van der Waals surface area contributed by atoms with E-state index in [9.17, 15) is 5.11 Å². The number of fused-ring (bicyclic) bond motifs is 1. The zero-order valence-corrected chi connectivity index (χ0v) is 10.1. The van der Waals surface area contributed by atoms with Crippen LogP contribution in [0.3, 0.4) is 0 Å². The van der Waals surface area contributed by atoms with Crippen LogP contribution in [0.15, 0.2) is 18.2 Å². The Balaban J connectivity index is 2.39. The molecule has 1 aliphatic heterocycles. The summed E-state index contributed by atoms with van der Waals surface area (Å²) in [5.41, 5.74) is 2.04. The SMILES string of the molecule is CCN1CC(C)Oc2ccc(C(C)O)cc21. The number of benzene rings is 1. The summed E-state index contributed by atoms with van der Waals surface area (Å²) < 4.78 is 5.78. The van der Waals surface area contributed by atoms with Gasteiger partial charge in [-0.05, 0) is 38.5 Å². The second kappa shape index (κ2) is 4.34. The van der Waals surface area contributed by atoms with Gasteiger partial charge in [-0.2, -0.15) is 0 Å². The highest BCUT2D eigenvalue weighted by molar-refractivity contribution is 5.61. The molecule has 0 radical (unpaired) electrons. The Morgan fingerprint density at radius 1 is 1.56 bits per heavy atom. The number of nitrogens with zero attached hydrogens (tertiary/aromatic N) is 1. The molecule has 0 spiro atoms. The van der Waals surface area contributed by atoms with Crippen molar-refractivity contribution >= 4 is 5.69 Å². The summed E-state index contributed by atoms with van der Waals surface area (Å²) in [6.45, 7) is 7.87. The van der Waals surface area contributed by atoms with Gasteiger partial charge in [0.05, 0.1) is 18.3 Å². The van der Waals surface area contributed by atoms with Crippen molar-refractivity contribution in [2.75, 3.05) is 18.0 Å². The van der Waals surface area contributed by atoms with Gasteiger partial charge in [0.25, 0.3) is 0 Å². The summed E-state index contributed by atoms with van der Waals surface area (Å²) in [6, 6.07) is 5.90. The molecule has 2 atom stereocenters. The highest BCUT2D eigenvalue weighted by atomic mass is 16.5. The number of hydrogen-bond acceptors (Lipinski definition) is 3. The first kappa shape index (κ1) is 11.3. The van der Waals surface area contributed by atoms with Crippen molar-refractivity contribution in [1.29, 1.82) is 0 Å². The zero-order valence-electron chi connectivity index (χ0n) is 10.1. The van der Waals surface area contributed by atoms with E-state index in [1.807, 2.05) is 18.2 Å². The van der Waals surface area contributed by atoms with E-state index < -0.39 is 6.10 Å². The standard InChI is InChI=1S/C13H19NO2/c1-4-14-8-9(2)16-13-6-5-11(10(3)15)7-12(13)14/h5-7,9-10,15H,4,8H2,1-3H3. The van der Waals surface area contributed by atoms with Crippen molar-refractivity contribution in [3.8, 4) is 5.75 Å². The van der Waals surface area contributed by atoms with Gasteiger partial charge in [-0.1, -0.05) is 6.07 Å². The molecule has 88 valence electrons. The summed E-state index contributed by atoms with van der Waals surface area (Å²) in [5.74, 6) is 0.921. The first-order valence-electron chi connectivity index (χ1n) is 5.85. The lowest BCUT2D eigenvalue weighted by Crippen LogP contribution is -2.38. The predicted molar refractivity (Wildman–Crippen MR) is 65.1 cm³/mol. The number of ether oxygens (including phenoxy) is 1. The average molecular weight is 221 g/mol. The van der Waals surface area contributed by atoms with E-state index in [0.29, 0.717) is 0 Å². The Labute approximate surface area is 96.6 Å². The van der Waals surface area contributed by atoms with Crippen LogP contribution in [0.4, 0.5) is 5.69 Å².